The van der Waals surface area contributed by atoms with Crippen LogP contribution >= 0.6 is 35.4 Å². The molecule has 2 aromatic heterocycles. The van der Waals surface area contributed by atoms with E-state index in [0.717, 1.165) is 30.5 Å². The van der Waals surface area contributed by atoms with Gasteiger partial charge in [-0.3, -0.25) is 5.10 Å². The Morgan fingerprint density at radius 3 is 2.88 bits per heavy atom. The molecule has 122 valence electrons. The molecule has 6 nitrogen and oxygen atoms in total. The Hall–Kier alpha value is -1.96. The summed E-state index contributed by atoms with van der Waals surface area (Å²) in [4.78, 5) is 0. The third-order valence-electron chi connectivity index (χ3n) is 3.93. The van der Waals surface area contributed by atoms with Gasteiger partial charge in [0.2, 0.25) is 10.6 Å². The lowest BCUT2D eigenvalue weighted by atomic mass is 10.2. The summed E-state index contributed by atoms with van der Waals surface area (Å²) in [6, 6.07) is 5.29. The van der Waals surface area contributed by atoms with Crippen molar-refractivity contribution in [3.8, 4) is 11.5 Å². The molecule has 24 heavy (non-hydrogen) atoms. The number of aromatic amines is 2. The van der Waals surface area contributed by atoms with E-state index in [1.54, 1.807) is 23.0 Å². The molecule has 9 heteroatoms. The Balaban J connectivity index is 1.73. The van der Waals surface area contributed by atoms with Crippen molar-refractivity contribution in [2.75, 3.05) is 0 Å². The summed E-state index contributed by atoms with van der Waals surface area (Å²) in [6.45, 7) is 0. The summed E-state index contributed by atoms with van der Waals surface area (Å²) in [7, 11) is 0. The molecule has 0 saturated heterocycles. The van der Waals surface area contributed by atoms with E-state index in [0.29, 0.717) is 20.6 Å². The molecule has 0 bridgehead atoms. The van der Waals surface area contributed by atoms with Crippen LogP contribution in [-0.4, -0.2) is 31.3 Å². The minimum Gasteiger partial charge on any atom is -0.282 e. The minimum absolute atomic E-state index is 0.399. The quantitative estimate of drug-likeness (QED) is 0.533. The number of hydrogen-bond donors (Lipinski definition) is 2. The molecule has 1 aliphatic carbocycles. The normalized spacial score (nSPS) is 13.8. The van der Waals surface area contributed by atoms with Crippen LogP contribution in [0.25, 0.3) is 11.5 Å². The van der Waals surface area contributed by atoms with Gasteiger partial charge in [0.1, 0.15) is 5.69 Å². The highest BCUT2D eigenvalue weighted by atomic mass is 35.5. The molecule has 0 fully saturated rings. The second kappa shape index (κ2) is 6.16. The van der Waals surface area contributed by atoms with Crippen molar-refractivity contribution in [3.63, 3.8) is 0 Å². The average Bonchev–Trinajstić information content (AvgIpc) is 3.25. The summed E-state index contributed by atoms with van der Waals surface area (Å²) in [5.74, 6) is 0.593. The first-order valence-electron chi connectivity index (χ1n) is 7.37. The van der Waals surface area contributed by atoms with Gasteiger partial charge in [-0.2, -0.15) is 20.0 Å². The van der Waals surface area contributed by atoms with Gasteiger partial charge in [-0.25, -0.2) is 5.10 Å². The molecule has 0 spiro atoms. The number of fused-ring (bicyclic) bond motifs is 1. The molecule has 0 unspecified atom stereocenters. The van der Waals surface area contributed by atoms with Crippen LogP contribution in [0.15, 0.2) is 23.3 Å². The largest absolute Gasteiger partial charge is 0.282 e. The molecule has 0 atom stereocenters. The van der Waals surface area contributed by atoms with Crippen molar-refractivity contribution < 1.29 is 0 Å². The highest BCUT2D eigenvalue weighted by Crippen LogP contribution is 2.29. The number of rotatable bonds is 3. The molecule has 0 saturated carbocycles. The zero-order valence-corrected chi connectivity index (χ0v) is 14.7. The Kier molecular flexibility index (Phi) is 3.99. The lowest BCUT2D eigenvalue weighted by Crippen LogP contribution is -1.97. The van der Waals surface area contributed by atoms with Gasteiger partial charge in [0.15, 0.2) is 0 Å². The van der Waals surface area contributed by atoms with E-state index in [-0.39, 0.29) is 0 Å². The van der Waals surface area contributed by atoms with E-state index in [4.69, 9.17) is 35.4 Å². The first-order valence-corrected chi connectivity index (χ1v) is 8.53. The summed E-state index contributed by atoms with van der Waals surface area (Å²) in [5, 5.41) is 19.9. The number of halogens is 2. The van der Waals surface area contributed by atoms with Crippen LogP contribution in [0.1, 0.15) is 23.2 Å². The van der Waals surface area contributed by atoms with Gasteiger partial charge in [-0.05, 0) is 49.2 Å². The average molecular weight is 379 g/mol. The van der Waals surface area contributed by atoms with Gasteiger partial charge in [-0.15, -0.1) is 0 Å². The molecular weight excluding hydrogens is 367 g/mol. The topological polar surface area (TPSA) is 74.7 Å². The minimum atomic E-state index is 0.399. The zero-order chi connectivity index (χ0) is 16.7. The van der Waals surface area contributed by atoms with Gasteiger partial charge >= 0.3 is 0 Å². The molecule has 0 amide bonds. The van der Waals surface area contributed by atoms with Gasteiger partial charge in [-0.1, -0.05) is 29.3 Å². The maximum atomic E-state index is 6.03. The summed E-state index contributed by atoms with van der Waals surface area (Å²) < 4.78 is 1.96. The van der Waals surface area contributed by atoms with Crippen molar-refractivity contribution in [2.45, 2.75) is 19.3 Å². The van der Waals surface area contributed by atoms with Crippen molar-refractivity contribution in [3.05, 3.63) is 49.8 Å². The third-order valence-corrected chi connectivity index (χ3v) is 4.94. The monoisotopic (exact) mass is 378 g/mol. The SMILES string of the molecule is S=c1[nH]nc(-c2n[nH]c3c2CCC3)n1N=Cc1ccc(Cl)c(Cl)c1. The molecule has 2 heterocycles. The number of nitrogens with one attached hydrogen (secondary N) is 2. The number of H-pyrrole nitrogens is 2. The van der Waals surface area contributed by atoms with Gasteiger partial charge < -0.3 is 0 Å². The Morgan fingerprint density at radius 1 is 1.17 bits per heavy atom. The molecule has 3 aromatic rings. The van der Waals surface area contributed by atoms with Crippen LogP contribution in [0.4, 0.5) is 0 Å². The number of nitrogens with zero attached hydrogens (tertiary/aromatic N) is 4. The van der Waals surface area contributed by atoms with Crippen LogP contribution in [0, 0.1) is 4.77 Å². The van der Waals surface area contributed by atoms with Gasteiger partial charge in [0.05, 0.1) is 16.3 Å². The summed E-state index contributed by atoms with van der Waals surface area (Å²) in [6.07, 6.45) is 4.77. The molecule has 0 radical (unpaired) electrons. The van der Waals surface area contributed by atoms with Crippen molar-refractivity contribution in [2.24, 2.45) is 5.10 Å². The lowest BCUT2D eigenvalue weighted by molar-refractivity contribution is 0.844. The van der Waals surface area contributed by atoms with Crippen LogP contribution in [0.3, 0.4) is 0 Å². The predicted molar refractivity (Wildman–Crippen MR) is 96.5 cm³/mol. The zero-order valence-electron chi connectivity index (χ0n) is 12.4. The van der Waals surface area contributed by atoms with Crippen LogP contribution < -0.4 is 0 Å². The van der Waals surface area contributed by atoms with Crippen molar-refractivity contribution >= 4 is 41.6 Å². The number of hydrogen-bond acceptors (Lipinski definition) is 4. The first-order chi connectivity index (χ1) is 11.6. The van der Waals surface area contributed by atoms with E-state index in [1.165, 1.54) is 11.3 Å². The molecular formula is C15H12Cl2N6S. The fourth-order valence-electron chi connectivity index (χ4n) is 2.77. The van der Waals surface area contributed by atoms with E-state index >= 15 is 0 Å². The standard InChI is InChI=1S/C15H12Cl2N6S/c16-10-5-4-8(6-11(10)17)7-18-23-14(21-22-15(23)24)13-9-2-1-3-12(9)19-20-13/h4-7H,1-3H2,(H,19,20)(H,22,24). The first kappa shape index (κ1) is 15.6. The van der Waals surface area contributed by atoms with Crippen LogP contribution in [0.2, 0.25) is 10.0 Å². The highest BCUT2D eigenvalue weighted by molar-refractivity contribution is 7.71. The number of benzene rings is 1. The summed E-state index contributed by atoms with van der Waals surface area (Å²) >= 11 is 17.2. The highest BCUT2D eigenvalue weighted by Gasteiger charge is 2.23. The van der Waals surface area contributed by atoms with Gasteiger partial charge in [0, 0.05) is 11.3 Å². The van der Waals surface area contributed by atoms with E-state index in [1.807, 2.05) is 6.07 Å². The molecule has 1 aromatic carbocycles. The number of aromatic nitrogens is 5. The van der Waals surface area contributed by atoms with Crippen LogP contribution in [0.5, 0.6) is 0 Å². The van der Waals surface area contributed by atoms with Crippen LogP contribution in [-0.2, 0) is 12.8 Å². The predicted octanol–water partition coefficient (Wildman–Crippen LogP) is 4.01. The van der Waals surface area contributed by atoms with E-state index in [9.17, 15) is 0 Å². The summed E-state index contributed by atoms with van der Waals surface area (Å²) in [5.41, 5.74) is 3.96. The molecule has 1 aliphatic rings. The van der Waals surface area contributed by atoms with Crippen molar-refractivity contribution in [1.82, 2.24) is 25.1 Å². The van der Waals surface area contributed by atoms with Crippen molar-refractivity contribution in [1.29, 1.82) is 0 Å². The second-order valence-electron chi connectivity index (χ2n) is 5.47. The van der Waals surface area contributed by atoms with E-state index in [2.05, 4.69) is 25.5 Å². The second-order valence-corrected chi connectivity index (χ2v) is 6.67. The fourth-order valence-corrected chi connectivity index (χ4v) is 3.26. The third kappa shape index (κ3) is 2.68. The maximum Gasteiger partial charge on any atom is 0.216 e. The Morgan fingerprint density at radius 2 is 2.04 bits per heavy atom. The number of aryl methyl sites for hydroxylation is 1. The smallest absolute Gasteiger partial charge is 0.216 e. The van der Waals surface area contributed by atoms with E-state index < -0.39 is 0 Å². The Labute approximate surface area is 152 Å². The van der Waals surface area contributed by atoms with Gasteiger partial charge in [0.25, 0.3) is 0 Å². The Bertz CT molecular complexity index is 1000. The fraction of sp³-hybridized carbons (Fsp3) is 0.200. The molecule has 4 rings (SSSR count). The molecule has 2 N–H and O–H groups in total. The lowest BCUT2D eigenvalue weighted by Gasteiger charge is -2.00. The maximum absolute atomic E-state index is 6.03. The molecule has 0 aliphatic heterocycles.